The van der Waals surface area contributed by atoms with Crippen LogP contribution in [-0.2, 0) is 11.4 Å². The molecule has 0 atom stereocenters. The largest absolute Gasteiger partial charge is 0.354 e. The Morgan fingerprint density at radius 1 is 1.35 bits per heavy atom. The topological polar surface area (TPSA) is 45.7 Å². The summed E-state index contributed by atoms with van der Waals surface area (Å²) in [6.45, 7) is 6.63. The predicted molar refractivity (Wildman–Crippen MR) is 68.5 cm³/mol. The molecule has 4 heteroatoms. The average Bonchev–Trinajstić information content (AvgIpc) is 2.33. The lowest BCUT2D eigenvalue weighted by Crippen LogP contribution is -2.47. The normalized spacial score (nSPS) is 18.1. The van der Waals surface area contributed by atoms with Crippen LogP contribution in [0.5, 0.6) is 0 Å². The van der Waals surface area contributed by atoms with Crippen LogP contribution in [-0.4, -0.2) is 19.0 Å². The molecule has 0 radical (unpaired) electrons. The van der Waals surface area contributed by atoms with Crippen LogP contribution in [0.15, 0.2) is 35.3 Å². The van der Waals surface area contributed by atoms with Crippen LogP contribution in [0.1, 0.15) is 19.4 Å². The van der Waals surface area contributed by atoms with Crippen molar-refractivity contribution in [3.8, 4) is 0 Å². The summed E-state index contributed by atoms with van der Waals surface area (Å²) in [5, 5.41) is 3.21. The van der Waals surface area contributed by atoms with E-state index in [1.54, 1.807) is 0 Å². The Bertz CT molecular complexity index is 387. The number of nitrogens with one attached hydrogen (secondary N) is 2. The molecule has 0 saturated heterocycles. The molecule has 1 aromatic carbocycles. The first-order valence-electron chi connectivity index (χ1n) is 5.86. The Labute approximate surface area is 102 Å². The van der Waals surface area contributed by atoms with Gasteiger partial charge in [0.25, 0.3) is 0 Å². The first kappa shape index (κ1) is 11.9. The first-order chi connectivity index (χ1) is 8.16. The lowest BCUT2D eigenvalue weighted by molar-refractivity contribution is 0.0669. The SMILES string of the molecule is CC1(C)CN=C(NOCc2ccccc2)NC1. The summed E-state index contributed by atoms with van der Waals surface area (Å²) in [6, 6.07) is 10.0. The van der Waals surface area contributed by atoms with Gasteiger partial charge in [0.2, 0.25) is 5.96 Å². The molecular formula is C13H19N3O. The molecule has 1 aromatic rings. The van der Waals surface area contributed by atoms with Crippen molar-refractivity contribution in [1.82, 2.24) is 10.8 Å². The molecule has 0 saturated carbocycles. The number of guanidine groups is 1. The maximum Gasteiger partial charge on any atom is 0.215 e. The lowest BCUT2D eigenvalue weighted by Gasteiger charge is -2.28. The molecule has 1 heterocycles. The van der Waals surface area contributed by atoms with Crippen molar-refractivity contribution < 1.29 is 4.84 Å². The van der Waals surface area contributed by atoms with E-state index in [-0.39, 0.29) is 5.41 Å². The van der Waals surface area contributed by atoms with Crippen LogP contribution in [0.25, 0.3) is 0 Å². The molecule has 0 amide bonds. The van der Waals surface area contributed by atoms with E-state index >= 15 is 0 Å². The summed E-state index contributed by atoms with van der Waals surface area (Å²) in [7, 11) is 0. The highest BCUT2D eigenvalue weighted by Crippen LogP contribution is 2.16. The van der Waals surface area contributed by atoms with Gasteiger partial charge in [0.15, 0.2) is 0 Å². The number of aliphatic imine (C=N–C) groups is 1. The van der Waals surface area contributed by atoms with E-state index in [0.29, 0.717) is 6.61 Å². The highest BCUT2D eigenvalue weighted by Gasteiger charge is 2.22. The second-order valence-electron chi connectivity index (χ2n) is 5.06. The molecule has 1 aliphatic heterocycles. The van der Waals surface area contributed by atoms with Crippen molar-refractivity contribution >= 4 is 5.96 Å². The van der Waals surface area contributed by atoms with Crippen molar-refractivity contribution in [1.29, 1.82) is 0 Å². The standard InChI is InChI=1S/C13H19N3O/c1-13(2)9-14-12(15-10-13)16-17-8-11-6-4-3-5-7-11/h3-7H,8-10H2,1-2H3,(H2,14,15,16). The fourth-order valence-corrected chi connectivity index (χ4v) is 1.56. The van der Waals surface area contributed by atoms with Gasteiger partial charge in [-0.05, 0) is 5.56 Å². The molecule has 0 aromatic heterocycles. The first-order valence-corrected chi connectivity index (χ1v) is 5.86. The van der Waals surface area contributed by atoms with Gasteiger partial charge in [0.1, 0.15) is 0 Å². The van der Waals surface area contributed by atoms with E-state index in [2.05, 4.69) is 29.6 Å². The summed E-state index contributed by atoms with van der Waals surface area (Å²) in [5.41, 5.74) is 4.21. The monoisotopic (exact) mass is 233 g/mol. The highest BCUT2D eigenvalue weighted by atomic mass is 16.6. The van der Waals surface area contributed by atoms with Crippen molar-refractivity contribution in [2.45, 2.75) is 20.5 Å². The second-order valence-corrected chi connectivity index (χ2v) is 5.06. The van der Waals surface area contributed by atoms with Crippen molar-refractivity contribution in [3.05, 3.63) is 35.9 Å². The molecule has 1 aliphatic rings. The van der Waals surface area contributed by atoms with Crippen molar-refractivity contribution in [2.24, 2.45) is 10.4 Å². The summed E-state index contributed by atoms with van der Waals surface area (Å²) in [4.78, 5) is 9.77. The van der Waals surface area contributed by atoms with Crippen LogP contribution in [0.2, 0.25) is 0 Å². The fourth-order valence-electron chi connectivity index (χ4n) is 1.56. The Balaban J connectivity index is 1.75. The van der Waals surface area contributed by atoms with E-state index in [9.17, 15) is 0 Å². The number of rotatable bonds is 3. The molecule has 92 valence electrons. The zero-order chi connectivity index (χ0) is 12.1. The Hall–Kier alpha value is -1.55. The summed E-state index contributed by atoms with van der Waals surface area (Å²) in [6.07, 6.45) is 0. The summed E-state index contributed by atoms with van der Waals surface area (Å²) >= 11 is 0. The molecule has 4 nitrogen and oxygen atoms in total. The van der Waals surface area contributed by atoms with E-state index < -0.39 is 0 Å². The van der Waals surface area contributed by atoms with Crippen molar-refractivity contribution in [3.63, 3.8) is 0 Å². The van der Waals surface area contributed by atoms with E-state index in [4.69, 9.17) is 4.84 Å². The van der Waals surface area contributed by atoms with Crippen LogP contribution < -0.4 is 10.8 Å². The third-order valence-electron chi connectivity index (χ3n) is 2.65. The molecule has 0 spiro atoms. The quantitative estimate of drug-likeness (QED) is 0.781. The lowest BCUT2D eigenvalue weighted by atomic mass is 9.93. The third kappa shape index (κ3) is 3.75. The van der Waals surface area contributed by atoms with Gasteiger partial charge in [-0.2, -0.15) is 0 Å². The molecule has 0 fully saturated rings. The number of hydrogen-bond donors (Lipinski definition) is 2. The number of nitrogens with zero attached hydrogens (tertiary/aromatic N) is 1. The molecule has 17 heavy (non-hydrogen) atoms. The fraction of sp³-hybridized carbons (Fsp3) is 0.462. The highest BCUT2D eigenvalue weighted by molar-refractivity contribution is 5.79. The van der Waals surface area contributed by atoms with Crippen molar-refractivity contribution in [2.75, 3.05) is 13.1 Å². The predicted octanol–water partition coefficient (Wildman–Crippen LogP) is 1.69. The van der Waals surface area contributed by atoms with Gasteiger partial charge in [-0.25, -0.2) is 5.48 Å². The minimum absolute atomic E-state index is 0.227. The van der Waals surface area contributed by atoms with Gasteiger partial charge in [-0.1, -0.05) is 44.2 Å². The van der Waals surface area contributed by atoms with Gasteiger partial charge in [-0.3, -0.25) is 9.83 Å². The van der Waals surface area contributed by atoms with Gasteiger partial charge < -0.3 is 5.32 Å². The zero-order valence-corrected chi connectivity index (χ0v) is 10.4. The molecular weight excluding hydrogens is 214 g/mol. The Morgan fingerprint density at radius 3 is 2.76 bits per heavy atom. The summed E-state index contributed by atoms with van der Waals surface area (Å²) in [5.74, 6) is 0.722. The van der Waals surface area contributed by atoms with Crippen LogP contribution in [0.3, 0.4) is 0 Å². The molecule has 0 unspecified atom stereocenters. The molecule has 2 N–H and O–H groups in total. The average molecular weight is 233 g/mol. The number of hydroxylamine groups is 1. The van der Waals surface area contributed by atoms with E-state index in [1.807, 2.05) is 30.3 Å². The third-order valence-corrected chi connectivity index (χ3v) is 2.65. The molecule has 2 rings (SSSR count). The smallest absolute Gasteiger partial charge is 0.215 e. The second kappa shape index (κ2) is 5.19. The molecule has 0 bridgehead atoms. The van der Waals surface area contributed by atoms with Gasteiger partial charge in [0, 0.05) is 18.5 Å². The van der Waals surface area contributed by atoms with Crippen LogP contribution in [0.4, 0.5) is 0 Å². The Morgan fingerprint density at radius 2 is 2.12 bits per heavy atom. The Kier molecular flexibility index (Phi) is 3.64. The minimum Gasteiger partial charge on any atom is -0.354 e. The maximum absolute atomic E-state index is 5.38. The number of benzene rings is 1. The molecule has 0 aliphatic carbocycles. The van der Waals surface area contributed by atoms with Crippen LogP contribution in [0, 0.1) is 5.41 Å². The minimum atomic E-state index is 0.227. The van der Waals surface area contributed by atoms with Gasteiger partial charge in [-0.15, -0.1) is 0 Å². The van der Waals surface area contributed by atoms with E-state index in [1.165, 1.54) is 0 Å². The summed E-state index contributed by atoms with van der Waals surface area (Å²) < 4.78 is 0. The number of hydrogen-bond acceptors (Lipinski definition) is 4. The van der Waals surface area contributed by atoms with Gasteiger partial charge >= 0.3 is 0 Å². The van der Waals surface area contributed by atoms with Gasteiger partial charge in [0.05, 0.1) is 6.61 Å². The zero-order valence-electron chi connectivity index (χ0n) is 10.4. The maximum atomic E-state index is 5.38. The van der Waals surface area contributed by atoms with Crippen LogP contribution >= 0.6 is 0 Å². The van der Waals surface area contributed by atoms with E-state index in [0.717, 1.165) is 24.6 Å².